The Morgan fingerprint density at radius 3 is 2.35 bits per heavy atom. The summed E-state index contributed by atoms with van der Waals surface area (Å²) in [5.41, 5.74) is 6.00. The molecule has 0 aliphatic carbocycles. The first-order valence-electron chi connectivity index (χ1n) is 10.3. The van der Waals surface area contributed by atoms with Crippen LogP contribution in [0.2, 0.25) is 0 Å². The molecule has 3 aromatic carbocycles. The lowest BCUT2D eigenvalue weighted by Gasteiger charge is -2.14. The number of benzene rings is 3. The third-order valence-electron chi connectivity index (χ3n) is 5.37. The van der Waals surface area contributed by atoms with Gasteiger partial charge in [0.05, 0.1) is 5.52 Å². The Bertz CT molecular complexity index is 1430. The van der Waals surface area contributed by atoms with Gasteiger partial charge in [-0.15, -0.1) is 0 Å². The fourth-order valence-corrected chi connectivity index (χ4v) is 3.80. The highest BCUT2D eigenvalue weighted by Crippen LogP contribution is 2.25. The number of anilines is 2. The molecule has 0 bridgehead atoms. The van der Waals surface area contributed by atoms with Gasteiger partial charge in [-0.3, -0.25) is 19.8 Å². The van der Waals surface area contributed by atoms with E-state index in [1.807, 2.05) is 26.0 Å². The van der Waals surface area contributed by atoms with Crippen LogP contribution in [0.4, 0.5) is 15.8 Å². The quantitative estimate of drug-likeness (QED) is 0.325. The van der Waals surface area contributed by atoms with Crippen LogP contribution < -0.4 is 16.1 Å². The predicted molar refractivity (Wildman–Crippen MR) is 133 cm³/mol. The van der Waals surface area contributed by atoms with Gasteiger partial charge in [-0.1, -0.05) is 28.1 Å². The minimum absolute atomic E-state index is 0.136. The largest absolute Gasteiger partial charge is 0.328 e. The normalized spacial score (nSPS) is 10.7. The third-order valence-corrected chi connectivity index (χ3v) is 5.86. The molecule has 1 heterocycles. The van der Waals surface area contributed by atoms with Crippen molar-refractivity contribution in [2.24, 2.45) is 0 Å². The maximum Gasteiger partial charge on any atom is 0.328 e. The number of halogens is 2. The second-order valence-electron chi connectivity index (χ2n) is 7.67. The molecule has 0 aliphatic heterocycles. The van der Waals surface area contributed by atoms with Gasteiger partial charge < -0.3 is 10.6 Å². The Hall–Kier alpha value is -3.98. The van der Waals surface area contributed by atoms with Crippen LogP contribution in [-0.2, 0) is 9.59 Å². The Labute approximate surface area is 203 Å². The summed E-state index contributed by atoms with van der Waals surface area (Å²) in [5.74, 6) is -2.89. The highest BCUT2D eigenvalue weighted by molar-refractivity contribution is 9.10. The SMILES string of the molecule is Cc1cccc(NC(=O)c2cc3cc(Br)ccc3n2NC(=O)C(=O)Nc2ccc(F)cc2)c1C. The van der Waals surface area contributed by atoms with Crippen molar-refractivity contribution in [3.63, 3.8) is 0 Å². The van der Waals surface area contributed by atoms with Crippen LogP contribution in [0.5, 0.6) is 0 Å². The second-order valence-corrected chi connectivity index (χ2v) is 8.59. The van der Waals surface area contributed by atoms with E-state index in [1.54, 1.807) is 30.3 Å². The molecule has 4 rings (SSSR count). The number of nitrogens with zero attached hydrogens (tertiary/aromatic N) is 1. The van der Waals surface area contributed by atoms with Crippen molar-refractivity contribution < 1.29 is 18.8 Å². The molecule has 0 radical (unpaired) electrons. The van der Waals surface area contributed by atoms with Gasteiger partial charge in [-0.05, 0) is 79.6 Å². The predicted octanol–water partition coefficient (Wildman–Crippen LogP) is 5.12. The van der Waals surface area contributed by atoms with Crippen molar-refractivity contribution in [3.05, 3.63) is 93.8 Å². The summed E-state index contributed by atoms with van der Waals surface area (Å²) in [6.45, 7) is 3.85. The van der Waals surface area contributed by atoms with Crippen molar-refractivity contribution in [2.45, 2.75) is 13.8 Å². The van der Waals surface area contributed by atoms with Gasteiger partial charge in [0.2, 0.25) is 0 Å². The smallest absolute Gasteiger partial charge is 0.320 e. The Morgan fingerprint density at radius 2 is 1.62 bits per heavy atom. The minimum atomic E-state index is -0.995. The minimum Gasteiger partial charge on any atom is -0.320 e. The summed E-state index contributed by atoms with van der Waals surface area (Å²) in [6, 6.07) is 17.5. The number of rotatable bonds is 4. The van der Waals surface area contributed by atoms with E-state index in [-0.39, 0.29) is 11.4 Å². The van der Waals surface area contributed by atoms with Crippen molar-refractivity contribution >= 4 is 55.9 Å². The van der Waals surface area contributed by atoms with Gasteiger partial charge >= 0.3 is 11.8 Å². The van der Waals surface area contributed by atoms with Crippen LogP contribution in [0.25, 0.3) is 10.9 Å². The molecule has 0 unspecified atom stereocenters. The lowest BCUT2D eigenvalue weighted by molar-refractivity contribution is -0.133. The maximum absolute atomic E-state index is 13.2. The fraction of sp³-hybridized carbons (Fsp3) is 0.0800. The summed E-state index contributed by atoms with van der Waals surface area (Å²) in [5, 5.41) is 5.95. The summed E-state index contributed by atoms with van der Waals surface area (Å²) < 4.78 is 15.2. The molecule has 9 heteroatoms. The van der Waals surface area contributed by atoms with Crippen LogP contribution in [0.15, 0.2) is 71.2 Å². The number of carbonyl (C=O) groups excluding carboxylic acids is 3. The molecule has 1 aromatic heterocycles. The van der Waals surface area contributed by atoms with Crippen LogP contribution in [0, 0.1) is 19.7 Å². The number of hydrogen-bond acceptors (Lipinski definition) is 3. The van der Waals surface area contributed by atoms with E-state index < -0.39 is 23.5 Å². The first-order chi connectivity index (χ1) is 16.2. The van der Waals surface area contributed by atoms with Gasteiger partial charge in [0, 0.05) is 21.2 Å². The molecule has 0 saturated heterocycles. The molecule has 3 amide bonds. The number of aromatic nitrogens is 1. The zero-order valence-corrected chi connectivity index (χ0v) is 19.9. The second kappa shape index (κ2) is 9.48. The summed E-state index contributed by atoms with van der Waals surface area (Å²) >= 11 is 3.40. The number of carbonyl (C=O) groups is 3. The van der Waals surface area contributed by atoms with Crippen molar-refractivity contribution in [2.75, 3.05) is 16.1 Å². The van der Waals surface area contributed by atoms with E-state index in [4.69, 9.17) is 0 Å². The average molecular weight is 523 g/mol. The molecule has 172 valence electrons. The van der Waals surface area contributed by atoms with Crippen molar-refractivity contribution in [1.82, 2.24) is 4.68 Å². The maximum atomic E-state index is 13.2. The number of hydrogen-bond donors (Lipinski definition) is 3. The first-order valence-corrected chi connectivity index (χ1v) is 11.1. The van der Waals surface area contributed by atoms with E-state index in [0.29, 0.717) is 16.6 Å². The lowest BCUT2D eigenvalue weighted by atomic mass is 10.1. The Balaban J connectivity index is 1.64. The van der Waals surface area contributed by atoms with Crippen LogP contribution in [-0.4, -0.2) is 22.4 Å². The van der Waals surface area contributed by atoms with E-state index in [2.05, 4.69) is 32.0 Å². The van der Waals surface area contributed by atoms with E-state index in [0.717, 1.165) is 15.6 Å². The van der Waals surface area contributed by atoms with Crippen LogP contribution in [0.1, 0.15) is 21.6 Å². The van der Waals surface area contributed by atoms with Crippen LogP contribution >= 0.6 is 15.9 Å². The Morgan fingerprint density at radius 1 is 0.882 bits per heavy atom. The molecule has 0 aliphatic rings. The molecule has 0 atom stereocenters. The van der Waals surface area contributed by atoms with Gasteiger partial charge in [-0.2, -0.15) is 0 Å². The number of amides is 3. The fourth-order valence-electron chi connectivity index (χ4n) is 3.42. The molecular weight excluding hydrogens is 503 g/mol. The zero-order valence-electron chi connectivity index (χ0n) is 18.3. The summed E-state index contributed by atoms with van der Waals surface area (Å²) in [7, 11) is 0. The molecule has 3 N–H and O–H groups in total. The summed E-state index contributed by atoms with van der Waals surface area (Å²) in [6.07, 6.45) is 0. The van der Waals surface area contributed by atoms with E-state index >= 15 is 0 Å². The van der Waals surface area contributed by atoms with Gasteiger partial charge in [0.1, 0.15) is 11.5 Å². The third kappa shape index (κ3) is 4.84. The molecule has 0 fully saturated rings. The monoisotopic (exact) mass is 522 g/mol. The highest BCUT2D eigenvalue weighted by Gasteiger charge is 2.21. The molecule has 0 spiro atoms. The molecule has 7 nitrogen and oxygen atoms in total. The van der Waals surface area contributed by atoms with Gasteiger partial charge in [-0.25, -0.2) is 9.07 Å². The number of fused-ring (bicyclic) bond motifs is 1. The van der Waals surface area contributed by atoms with E-state index in [9.17, 15) is 18.8 Å². The zero-order chi connectivity index (χ0) is 24.4. The summed E-state index contributed by atoms with van der Waals surface area (Å²) in [4.78, 5) is 38.3. The molecule has 4 aromatic rings. The highest BCUT2D eigenvalue weighted by atomic mass is 79.9. The van der Waals surface area contributed by atoms with Gasteiger partial charge in [0.25, 0.3) is 5.91 Å². The van der Waals surface area contributed by atoms with Crippen molar-refractivity contribution in [1.29, 1.82) is 0 Å². The standard InChI is InChI=1S/C25H20BrFN4O3/c1-14-4-3-5-20(15(14)2)29-23(32)22-13-16-12-17(26)6-11-21(16)31(22)30-25(34)24(33)28-19-9-7-18(27)8-10-19/h3-13H,1-2H3,(H,28,33)(H,29,32)(H,30,34). The van der Waals surface area contributed by atoms with E-state index in [1.165, 1.54) is 28.9 Å². The Kier molecular flexibility index (Phi) is 6.47. The lowest BCUT2D eigenvalue weighted by Crippen LogP contribution is -2.36. The molecular formula is C25H20BrFN4O3. The average Bonchev–Trinajstić information content (AvgIpc) is 3.15. The molecule has 0 saturated carbocycles. The first kappa shape index (κ1) is 23.2. The van der Waals surface area contributed by atoms with Gasteiger partial charge in [0.15, 0.2) is 0 Å². The topological polar surface area (TPSA) is 92.2 Å². The molecule has 34 heavy (non-hydrogen) atoms. The number of nitrogens with one attached hydrogen (secondary N) is 3. The van der Waals surface area contributed by atoms with Crippen LogP contribution in [0.3, 0.4) is 0 Å². The number of aryl methyl sites for hydroxylation is 1. The van der Waals surface area contributed by atoms with Crippen molar-refractivity contribution in [3.8, 4) is 0 Å².